The second-order valence-electron chi connectivity index (χ2n) is 3.89. The fraction of sp³-hybridized carbons (Fsp3) is 0.273. The SMILES string of the molecule is COCc1nnc(NS(=O)(=O)Cc2ccccc2Cl)s1. The molecule has 0 fully saturated rings. The zero-order valence-corrected chi connectivity index (χ0v) is 12.9. The number of sulfonamides is 1. The lowest BCUT2D eigenvalue weighted by atomic mass is 10.2. The molecule has 0 aliphatic heterocycles. The predicted octanol–water partition coefficient (Wildman–Crippen LogP) is 2.28. The molecule has 6 nitrogen and oxygen atoms in total. The normalized spacial score (nSPS) is 11.5. The van der Waals surface area contributed by atoms with Crippen molar-refractivity contribution in [2.45, 2.75) is 12.4 Å². The van der Waals surface area contributed by atoms with Crippen molar-refractivity contribution in [1.82, 2.24) is 10.2 Å². The van der Waals surface area contributed by atoms with E-state index in [9.17, 15) is 8.42 Å². The third-order valence-corrected chi connectivity index (χ3v) is 4.79. The van der Waals surface area contributed by atoms with Crippen molar-refractivity contribution in [3.8, 4) is 0 Å². The molecule has 0 bridgehead atoms. The van der Waals surface area contributed by atoms with Crippen molar-refractivity contribution in [2.24, 2.45) is 0 Å². The molecule has 20 heavy (non-hydrogen) atoms. The number of nitrogens with one attached hydrogen (secondary N) is 1. The number of hydrogen-bond acceptors (Lipinski definition) is 6. The highest BCUT2D eigenvalue weighted by molar-refractivity contribution is 7.92. The van der Waals surface area contributed by atoms with Gasteiger partial charge in [-0.1, -0.05) is 41.1 Å². The first kappa shape index (κ1) is 15.2. The van der Waals surface area contributed by atoms with Gasteiger partial charge in [-0.25, -0.2) is 8.42 Å². The number of halogens is 1. The maximum absolute atomic E-state index is 12.0. The van der Waals surface area contributed by atoms with E-state index in [0.717, 1.165) is 11.3 Å². The summed E-state index contributed by atoms with van der Waals surface area (Å²) in [4.78, 5) is 0. The summed E-state index contributed by atoms with van der Waals surface area (Å²) in [5.74, 6) is -0.216. The van der Waals surface area contributed by atoms with E-state index in [1.807, 2.05) is 0 Å². The first-order chi connectivity index (χ1) is 9.50. The molecule has 0 unspecified atom stereocenters. The topological polar surface area (TPSA) is 81.2 Å². The zero-order valence-electron chi connectivity index (χ0n) is 10.5. The van der Waals surface area contributed by atoms with Crippen LogP contribution in [-0.4, -0.2) is 25.7 Å². The van der Waals surface area contributed by atoms with E-state index in [4.69, 9.17) is 16.3 Å². The van der Waals surface area contributed by atoms with Gasteiger partial charge in [0, 0.05) is 12.1 Å². The summed E-state index contributed by atoms with van der Waals surface area (Å²) < 4.78 is 31.3. The molecule has 108 valence electrons. The molecule has 0 saturated carbocycles. The Morgan fingerprint density at radius 1 is 1.35 bits per heavy atom. The van der Waals surface area contributed by atoms with Crippen molar-refractivity contribution in [3.63, 3.8) is 0 Å². The van der Waals surface area contributed by atoms with Crippen LogP contribution in [0.3, 0.4) is 0 Å². The van der Waals surface area contributed by atoms with Crippen molar-refractivity contribution in [3.05, 3.63) is 39.9 Å². The van der Waals surface area contributed by atoms with E-state index in [1.54, 1.807) is 24.3 Å². The molecule has 0 aliphatic rings. The lowest BCUT2D eigenvalue weighted by Crippen LogP contribution is -2.15. The molecule has 0 aliphatic carbocycles. The minimum absolute atomic E-state index is 0.212. The summed E-state index contributed by atoms with van der Waals surface area (Å²) in [5.41, 5.74) is 0.531. The number of benzene rings is 1. The molecule has 1 aromatic heterocycles. The molecular formula is C11H12ClN3O3S2. The maximum Gasteiger partial charge on any atom is 0.238 e. The summed E-state index contributed by atoms with van der Waals surface area (Å²) in [6.45, 7) is 0.296. The Morgan fingerprint density at radius 2 is 2.10 bits per heavy atom. The van der Waals surface area contributed by atoms with Gasteiger partial charge in [0.15, 0.2) is 0 Å². The summed E-state index contributed by atoms with van der Waals surface area (Å²) in [7, 11) is -2.05. The summed E-state index contributed by atoms with van der Waals surface area (Å²) >= 11 is 7.07. The van der Waals surface area contributed by atoms with Crippen molar-refractivity contribution in [1.29, 1.82) is 0 Å². The van der Waals surface area contributed by atoms with Crippen LogP contribution in [0.1, 0.15) is 10.6 Å². The Bertz CT molecular complexity index is 688. The smallest absolute Gasteiger partial charge is 0.238 e. The summed E-state index contributed by atoms with van der Waals surface area (Å²) in [5, 5.41) is 8.78. The molecular weight excluding hydrogens is 322 g/mol. The van der Waals surface area contributed by atoms with E-state index >= 15 is 0 Å². The first-order valence-electron chi connectivity index (χ1n) is 5.55. The Kier molecular flexibility index (Phi) is 4.92. The largest absolute Gasteiger partial charge is 0.377 e. The van der Waals surface area contributed by atoms with E-state index in [2.05, 4.69) is 14.9 Å². The number of hydrogen-bond donors (Lipinski definition) is 1. The van der Waals surface area contributed by atoms with Crippen LogP contribution in [0.15, 0.2) is 24.3 Å². The molecule has 0 atom stereocenters. The van der Waals surface area contributed by atoms with Crippen LogP contribution in [0.5, 0.6) is 0 Å². The number of anilines is 1. The number of nitrogens with zero attached hydrogens (tertiary/aromatic N) is 2. The van der Waals surface area contributed by atoms with Gasteiger partial charge in [0.2, 0.25) is 15.2 Å². The van der Waals surface area contributed by atoms with E-state index < -0.39 is 10.0 Å². The van der Waals surface area contributed by atoms with Gasteiger partial charge < -0.3 is 4.74 Å². The lowest BCUT2D eigenvalue weighted by Gasteiger charge is -2.06. The molecule has 0 amide bonds. The third kappa shape index (κ3) is 4.14. The molecule has 1 N–H and O–H groups in total. The standard InChI is InChI=1S/C11H12ClN3O3S2/c1-18-6-10-13-14-11(19-10)15-20(16,17)7-8-4-2-3-5-9(8)12/h2-5H,6-7H2,1H3,(H,14,15). The Labute approximate surface area is 125 Å². The summed E-state index contributed by atoms with van der Waals surface area (Å²) in [6, 6.07) is 6.79. The molecule has 2 aromatic rings. The molecule has 1 heterocycles. The van der Waals surface area contributed by atoms with E-state index in [0.29, 0.717) is 22.2 Å². The minimum Gasteiger partial charge on any atom is -0.377 e. The van der Waals surface area contributed by atoms with Gasteiger partial charge in [-0.3, -0.25) is 4.72 Å². The highest BCUT2D eigenvalue weighted by atomic mass is 35.5. The van der Waals surface area contributed by atoms with Gasteiger partial charge in [0.05, 0.1) is 5.75 Å². The van der Waals surface area contributed by atoms with Crippen LogP contribution < -0.4 is 4.72 Å². The number of aromatic nitrogens is 2. The average Bonchev–Trinajstić information content (AvgIpc) is 2.79. The predicted molar refractivity (Wildman–Crippen MR) is 78.3 cm³/mol. The van der Waals surface area contributed by atoms with Gasteiger partial charge in [0.25, 0.3) is 0 Å². The quantitative estimate of drug-likeness (QED) is 0.877. The fourth-order valence-electron chi connectivity index (χ4n) is 1.47. The lowest BCUT2D eigenvalue weighted by molar-refractivity contribution is 0.184. The van der Waals surface area contributed by atoms with E-state index in [-0.39, 0.29) is 10.9 Å². The van der Waals surface area contributed by atoms with Crippen LogP contribution >= 0.6 is 22.9 Å². The minimum atomic E-state index is -3.58. The molecule has 0 radical (unpaired) electrons. The highest BCUT2D eigenvalue weighted by Gasteiger charge is 2.16. The fourth-order valence-corrected chi connectivity index (χ4v) is 3.90. The van der Waals surface area contributed by atoms with Crippen LogP contribution in [0.2, 0.25) is 5.02 Å². The Hall–Kier alpha value is -1.22. The van der Waals surface area contributed by atoms with Gasteiger partial charge >= 0.3 is 0 Å². The van der Waals surface area contributed by atoms with Gasteiger partial charge in [0.1, 0.15) is 11.6 Å². The molecule has 2 rings (SSSR count). The zero-order chi connectivity index (χ0) is 14.6. The van der Waals surface area contributed by atoms with Crippen LogP contribution in [0, 0.1) is 0 Å². The van der Waals surface area contributed by atoms with Crippen molar-refractivity contribution < 1.29 is 13.2 Å². The number of methoxy groups -OCH3 is 1. The van der Waals surface area contributed by atoms with Gasteiger partial charge in [-0.05, 0) is 11.6 Å². The van der Waals surface area contributed by atoms with Gasteiger partial charge in [-0.15, -0.1) is 10.2 Å². The summed E-state index contributed by atoms with van der Waals surface area (Å²) in [6.07, 6.45) is 0. The maximum atomic E-state index is 12.0. The second-order valence-corrected chi connectivity index (χ2v) is 7.08. The Balaban J connectivity index is 2.09. The Morgan fingerprint density at radius 3 is 2.80 bits per heavy atom. The molecule has 9 heteroatoms. The average molecular weight is 334 g/mol. The number of rotatable bonds is 6. The van der Waals surface area contributed by atoms with Crippen molar-refractivity contribution in [2.75, 3.05) is 11.8 Å². The third-order valence-electron chi connectivity index (χ3n) is 2.28. The molecule has 0 spiro atoms. The van der Waals surface area contributed by atoms with Crippen molar-refractivity contribution >= 4 is 38.1 Å². The van der Waals surface area contributed by atoms with Crippen LogP contribution in [0.4, 0.5) is 5.13 Å². The second kappa shape index (κ2) is 6.49. The van der Waals surface area contributed by atoms with Crippen LogP contribution in [0.25, 0.3) is 0 Å². The monoisotopic (exact) mass is 333 g/mol. The van der Waals surface area contributed by atoms with Crippen LogP contribution in [-0.2, 0) is 27.1 Å². The van der Waals surface area contributed by atoms with Gasteiger partial charge in [-0.2, -0.15) is 0 Å². The number of ether oxygens (including phenoxy) is 1. The van der Waals surface area contributed by atoms with E-state index in [1.165, 1.54) is 7.11 Å². The first-order valence-corrected chi connectivity index (χ1v) is 8.40. The molecule has 0 saturated heterocycles. The highest BCUT2D eigenvalue weighted by Crippen LogP contribution is 2.21. The molecule has 1 aromatic carbocycles.